The summed E-state index contributed by atoms with van der Waals surface area (Å²) in [5.74, 6) is 0. The molecule has 0 aromatic carbocycles. The molecule has 5 heteroatoms. The molecule has 0 amide bonds. The maximum atomic E-state index is 11.6. The van der Waals surface area contributed by atoms with Crippen LogP contribution in [0, 0.1) is 0 Å². The van der Waals surface area contributed by atoms with Gasteiger partial charge in [-0.3, -0.25) is 9.36 Å². The van der Waals surface area contributed by atoms with Crippen LogP contribution in [0.4, 0.5) is 5.69 Å². The number of nitrogen functional groups attached to an aromatic ring is 1. The van der Waals surface area contributed by atoms with E-state index in [-0.39, 0.29) is 23.0 Å². The van der Waals surface area contributed by atoms with Crippen molar-refractivity contribution < 1.29 is 0 Å². The van der Waals surface area contributed by atoms with Crippen LogP contribution in [0.3, 0.4) is 0 Å². The molecule has 1 aliphatic carbocycles. The van der Waals surface area contributed by atoms with Crippen molar-refractivity contribution in [2.45, 2.75) is 25.3 Å². The van der Waals surface area contributed by atoms with Crippen LogP contribution in [0.5, 0.6) is 0 Å². The summed E-state index contributed by atoms with van der Waals surface area (Å²) in [6.45, 7) is 0. The molecule has 0 saturated heterocycles. The summed E-state index contributed by atoms with van der Waals surface area (Å²) in [4.78, 5) is 23.2. The van der Waals surface area contributed by atoms with Crippen molar-refractivity contribution in [3.05, 3.63) is 27.0 Å². The van der Waals surface area contributed by atoms with E-state index in [1.807, 2.05) is 0 Å². The quantitative estimate of drug-likeness (QED) is 0.677. The summed E-state index contributed by atoms with van der Waals surface area (Å²) < 4.78 is 2.63. The Balaban J connectivity index is 2.67. The normalized spacial score (nSPS) is 16.6. The van der Waals surface area contributed by atoms with Crippen LogP contribution < -0.4 is 17.0 Å². The van der Waals surface area contributed by atoms with Gasteiger partial charge in [-0.1, -0.05) is 0 Å². The largest absolute Gasteiger partial charge is 0.393 e. The van der Waals surface area contributed by atoms with Crippen molar-refractivity contribution in [3.8, 4) is 0 Å². The summed E-state index contributed by atoms with van der Waals surface area (Å²) in [6, 6.07) is 0.0599. The first-order chi connectivity index (χ1) is 6.61. The maximum absolute atomic E-state index is 11.6. The fourth-order valence-corrected chi connectivity index (χ4v) is 1.68. The molecule has 0 atom stereocenters. The number of anilines is 1. The Bertz CT molecular complexity index is 434. The van der Waals surface area contributed by atoms with Crippen molar-refractivity contribution in [1.29, 1.82) is 0 Å². The van der Waals surface area contributed by atoms with Crippen LogP contribution >= 0.6 is 0 Å². The zero-order valence-corrected chi connectivity index (χ0v) is 8.06. The van der Waals surface area contributed by atoms with Gasteiger partial charge in [0.05, 0.1) is 0 Å². The molecule has 1 aromatic heterocycles. The third-order valence-electron chi connectivity index (χ3n) is 2.75. The van der Waals surface area contributed by atoms with Crippen LogP contribution in [0.15, 0.2) is 15.8 Å². The van der Waals surface area contributed by atoms with Gasteiger partial charge < -0.3 is 10.3 Å². The van der Waals surface area contributed by atoms with Gasteiger partial charge in [0.15, 0.2) is 0 Å². The Kier molecular flexibility index (Phi) is 1.94. The fraction of sp³-hybridized carbons (Fsp3) is 0.556. The van der Waals surface area contributed by atoms with Gasteiger partial charge in [-0.2, -0.15) is 0 Å². The van der Waals surface area contributed by atoms with E-state index in [2.05, 4.69) is 0 Å². The Labute approximate surface area is 80.8 Å². The third kappa shape index (κ3) is 1.16. The van der Waals surface area contributed by atoms with Gasteiger partial charge in [0.25, 0.3) is 5.56 Å². The summed E-state index contributed by atoms with van der Waals surface area (Å²) >= 11 is 0. The van der Waals surface area contributed by atoms with Crippen molar-refractivity contribution in [2.24, 2.45) is 7.05 Å². The van der Waals surface area contributed by atoms with E-state index in [1.54, 1.807) is 7.05 Å². The zero-order chi connectivity index (χ0) is 10.3. The van der Waals surface area contributed by atoms with E-state index in [4.69, 9.17) is 5.73 Å². The van der Waals surface area contributed by atoms with Gasteiger partial charge in [0, 0.05) is 19.3 Å². The van der Waals surface area contributed by atoms with Crippen molar-refractivity contribution in [1.82, 2.24) is 9.13 Å². The van der Waals surface area contributed by atoms with Gasteiger partial charge in [-0.25, -0.2) is 4.79 Å². The minimum absolute atomic E-state index is 0.0599. The van der Waals surface area contributed by atoms with Crippen LogP contribution in [-0.4, -0.2) is 9.13 Å². The monoisotopic (exact) mass is 195 g/mol. The summed E-state index contributed by atoms with van der Waals surface area (Å²) in [7, 11) is 1.60. The number of hydrogen-bond acceptors (Lipinski definition) is 3. The molecule has 0 radical (unpaired) electrons. The second-order valence-corrected chi connectivity index (χ2v) is 3.74. The molecule has 2 N–H and O–H groups in total. The lowest BCUT2D eigenvalue weighted by Gasteiger charge is -2.27. The van der Waals surface area contributed by atoms with Crippen LogP contribution in [0.1, 0.15) is 25.3 Å². The average molecular weight is 195 g/mol. The molecule has 0 bridgehead atoms. The van der Waals surface area contributed by atoms with Crippen LogP contribution in [0.2, 0.25) is 0 Å². The molecular formula is C9H13N3O2. The highest BCUT2D eigenvalue weighted by atomic mass is 16.2. The molecular weight excluding hydrogens is 182 g/mol. The van der Waals surface area contributed by atoms with Crippen molar-refractivity contribution in [2.75, 3.05) is 5.73 Å². The number of aryl methyl sites for hydroxylation is 1. The number of nitrogens with two attached hydrogens (primary N) is 1. The van der Waals surface area contributed by atoms with Crippen molar-refractivity contribution >= 4 is 5.69 Å². The SMILES string of the molecule is Cn1cc(N)c(=O)n(C2CCC2)c1=O. The Morgan fingerprint density at radius 3 is 2.57 bits per heavy atom. The van der Waals surface area contributed by atoms with Crippen LogP contribution in [-0.2, 0) is 7.05 Å². The van der Waals surface area contributed by atoms with Gasteiger partial charge in [0.1, 0.15) is 5.69 Å². The van der Waals surface area contributed by atoms with Gasteiger partial charge in [0.2, 0.25) is 0 Å². The highest BCUT2D eigenvalue weighted by Crippen LogP contribution is 2.28. The lowest BCUT2D eigenvalue weighted by Crippen LogP contribution is -2.43. The van der Waals surface area contributed by atoms with E-state index >= 15 is 0 Å². The number of aromatic nitrogens is 2. The highest BCUT2D eigenvalue weighted by Gasteiger charge is 2.23. The molecule has 14 heavy (non-hydrogen) atoms. The lowest BCUT2D eigenvalue weighted by atomic mass is 9.93. The lowest BCUT2D eigenvalue weighted by molar-refractivity contribution is 0.293. The molecule has 0 spiro atoms. The van der Waals surface area contributed by atoms with Gasteiger partial charge in [-0.15, -0.1) is 0 Å². The highest BCUT2D eigenvalue weighted by molar-refractivity contribution is 5.31. The van der Waals surface area contributed by atoms with Crippen molar-refractivity contribution in [3.63, 3.8) is 0 Å². The molecule has 2 rings (SSSR count). The molecule has 0 unspecified atom stereocenters. The van der Waals surface area contributed by atoms with Gasteiger partial charge >= 0.3 is 5.69 Å². The predicted octanol–water partition coefficient (Wildman–Crippen LogP) is -0.146. The standard InChI is InChI=1S/C9H13N3O2/c1-11-5-7(10)8(13)12(9(11)14)6-3-2-4-6/h5-6H,2-4,10H2,1H3. The number of nitrogens with zero attached hydrogens (tertiary/aromatic N) is 2. The Morgan fingerprint density at radius 2 is 2.07 bits per heavy atom. The topological polar surface area (TPSA) is 70.0 Å². The first-order valence-corrected chi connectivity index (χ1v) is 4.69. The van der Waals surface area contributed by atoms with Gasteiger partial charge in [-0.05, 0) is 19.3 Å². The van der Waals surface area contributed by atoms with E-state index in [9.17, 15) is 9.59 Å². The summed E-state index contributed by atoms with van der Waals surface area (Å²) in [5, 5.41) is 0. The third-order valence-corrected chi connectivity index (χ3v) is 2.75. The second kappa shape index (κ2) is 3.01. The van der Waals surface area contributed by atoms with E-state index in [0.717, 1.165) is 19.3 Å². The molecule has 1 aromatic rings. The molecule has 1 aliphatic rings. The minimum Gasteiger partial charge on any atom is -0.393 e. The maximum Gasteiger partial charge on any atom is 0.331 e. The van der Waals surface area contributed by atoms with E-state index in [1.165, 1.54) is 15.3 Å². The molecule has 1 fully saturated rings. The Morgan fingerprint density at radius 1 is 1.43 bits per heavy atom. The molecule has 0 aliphatic heterocycles. The first-order valence-electron chi connectivity index (χ1n) is 4.69. The summed E-state index contributed by atoms with van der Waals surface area (Å²) in [6.07, 6.45) is 4.26. The average Bonchev–Trinajstić information content (AvgIpc) is 2.06. The molecule has 1 heterocycles. The minimum atomic E-state index is -0.349. The first kappa shape index (κ1) is 9.05. The number of hydrogen-bond donors (Lipinski definition) is 1. The zero-order valence-electron chi connectivity index (χ0n) is 8.06. The molecule has 5 nitrogen and oxygen atoms in total. The number of rotatable bonds is 1. The second-order valence-electron chi connectivity index (χ2n) is 3.74. The summed E-state index contributed by atoms with van der Waals surface area (Å²) in [5.41, 5.74) is 5.03. The fourth-order valence-electron chi connectivity index (χ4n) is 1.68. The molecule has 1 saturated carbocycles. The van der Waals surface area contributed by atoms with E-state index in [0.29, 0.717) is 0 Å². The Hall–Kier alpha value is -1.52. The van der Waals surface area contributed by atoms with Crippen LogP contribution in [0.25, 0.3) is 0 Å². The van der Waals surface area contributed by atoms with E-state index < -0.39 is 0 Å². The smallest absolute Gasteiger partial charge is 0.331 e. The predicted molar refractivity (Wildman–Crippen MR) is 53.2 cm³/mol. The molecule has 76 valence electrons.